The van der Waals surface area contributed by atoms with Gasteiger partial charge in [0.2, 0.25) is 10.0 Å². The van der Waals surface area contributed by atoms with Gasteiger partial charge in [-0.25, -0.2) is 18.5 Å². The van der Waals surface area contributed by atoms with Crippen LogP contribution in [0, 0.1) is 5.92 Å². The van der Waals surface area contributed by atoms with Crippen LogP contribution in [0.4, 0.5) is 0 Å². The Balaban J connectivity index is 2.31. The van der Waals surface area contributed by atoms with Crippen LogP contribution < -0.4 is 5.14 Å². The van der Waals surface area contributed by atoms with Crippen LogP contribution in [0.25, 0.3) is 0 Å². The zero-order valence-electron chi connectivity index (χ0n) is 7.29. The van der Waals surface area contributed by atoms with E-state index in [0.717, 1.165) is 0 Å². The summed E-state index contributed by atoms with van der Waals surface area (Å²) in [5.74, 6) is -0.0452. The van der Waals surface area contributed by atoms with Crippen molar-refractivity contribution in [2.45, 2.75) is 5.25 Å². The van der Waals surface area contributed by atoms with Crippen LogP contribution in [0.5, 0.6) is 0 Å². The number of nitrogens with two attached hydrogens (primary N) is 1. The van der Waals surface area contributed by atoms with Crippen LogP contribution in [0.3, 0.4) is 0 Å². The third-order valence-electron chi connectivity index (χ3n) is 2.14. The van der Waals surface area contributed by atoms with E-state index in [1.807, 2.05) is 0 Å². The molecule has 1 atom stereocenters. The third-order valence-corrected chi connectivity index (χ3v) is 4.46. The lowest BCUT2D eigenvalue weighted by Crippen LogP contribution is -2.39. The monoisotopic (exact) mass is 234 g/mol. The number of aromatic nitrogens is 1. The van der Waals surface area contributed by atoms with Gasteiger partial charge in [0, 0.05) is 17.5 Å². The minimum atomic E-state index is -3.58. The third kappa shape index (κ3) is 1.81. The molecule has 1 aromatic heterocycles. The van der Waals surface area contributed by atoms with Crippen LogP contribution >= 0.6 is 11.3 Å². The topological polar surface area (TPSA) is 82.3 Å². The molecule has 1 fully saturated rings. The molecule has 1 aliphatic rings. The molecular weight excluding hydrogens is 224 g/mol. The van der Waals surface area contributed by atoms with Gasteiger partial charge >= 0.3 is 0 Å². The molecule has 0 saturated carbocycles. The average Bonchev–Trinajstić information content (AvgIpc) is 2.45. The first kappa shape index (κ1) is 10.0. The molecule has 0 aromatic carbocycles. The Morgan fingerprint density at radius 3 is 2.71 bits per heavy atom. The minimum absolute atomic E-state index is 0.0452. The molecule has 78 valence electrons. The average molecular weight is 234 g/mol. The molecule has 0 spiro atoms. The van der Waals surface area contributed by atoms with Gasteiger partial charge in [0.15, 0.2) is 0 Å². The Morgan fingerprint density at radius 1 is 1.64 bits per heavy atom. The summed E-state index contributed by atoms with van der Waals surface area (Å²) in [6, 6.07) is 0. The van der Waals surface area contributed by atoms with E-state index < -0.39 is 15.3 Å². The minimum Gasteiger partial charge on any atom is -0.381 e. The van der Waals surface area contributed by atoms with Crippen molar-refractivity contribution in [1.29, 1.82) is 0 Å². The summed E-state index contributed by atoms with van der Waals surface area (Å²) in [6.07, 6.45) is 1.58. The standard InChI is InChI=1S/C7H10N2O3S2/c8-14(10,11)6(5-3-12-4-5)7-9-1-2-13-7/h1-2,5-6H,3-4H2,(H2,8,10,11). The lowest BCUT2D eigenvalue weighted by atomic mass is 10.0. The van der Waals surface area contributed by atoms with Crippen molar-refractivity contribution in [3.63, 3.8) is 0 Å². The Bertz CT molecular complexity index is 397. The predicted octanol–water partition coefficient (Wildman–Crippen LogP) is 0.119. The second-order valence-corrected chi connectivity index (χ2v) is 5.79. The predicted molar refractivity (Wildman–Crippen MR) is 52.3 cm³/mol. The Kier molecular flexibility index (Phi) is 2.56. The summed E-state index contributed by atoms with van der Waals surface area (Å²) < 4.78 is 27.7. The highest BCUT2D eigenvalue weighted by molar-refractivity contribution is 7.89. The number of hydrogen-bond acceptors (Lipinski definition) is 5. The Labute approximate surface area is 86.0 Å². The van der Waals surface area contributed by atoms with Gasteiger partial charge in [-0.05, 0) is 0 Å². The van der Waals surface area contributed by atoms with Crippen LogP contribution in [0.15, 0.2) is 11.6 Å². The van der Waals surface area contributed by atoms with Crippen molar-refractivity contribution in [2.75, 3.05) is 13.2 Å². The van der Waals surface area contributed by atoms with Gasteiger partial charge in [-0.1, -0.05) is 0 Å². The molecule has 1 unspecified atom stereocenters. The zero-order valence-corrected chi connectivity index (χ0v) is 8.92. The fourth-order valence-corrected chi connectivity index (χ4v) is 3.73. The molecule has 2 rings (SSSR count). The van der Waals surface area contributed by atoms with Gasteiger partial charge in [-0.3, -0.25) is 0 Å². The Hall–Kier alpha value is -0.500. The summed E-state index contributed by atoms with van der Waals surface area (Å²) >= 11 is 1.31. The van der Waals surface area contributed by atoms with E-state index in [1.54, 1.807) is 11.6 Å². The van der Waals surface area contributed by atoms with E-state index in [-0.39, 0.29) is 5.92 Å². The summed E-state index contributed by atoms with van der Waals surface area (Å²) in [7, 11) is -3.58. The first-order valence-corrected chi connectivity index (χ1v) is 6.56. The maximum absolute atomic E-state index is 11.4. The molecule has 0 amide bonds. The van der Waals surface area contributed by atoms with E-state index in [1.165, 1.54) is 11.3 Å². The van der Waals surface area contributed by atoms with Crippen LogP contribution in [0.2, 0.25) is 0 Å². The molecule has 5 nitrogen and oxygen atoms in total. The smallest absolute Gasteiger partial charge is 0.219 e. The van der Waals surface area contributed by atoms with E-state index >= 15 is 0 Å². The van der Waals surface area contributed by atoms with E-state index in [0.29, 0.717) is 18.2 Å². The van der Waals surface area contributed by atoms with E-state index in [2.05, 4.69) is 4.98 Å². The van der Waals surface area contributed by atoms with Crippen LogP contribution in [-0.4, -0.2) is 26.6 Å². The number of ether oxygens (including phenoxy) is 1. The summed E-state index contributed by atoms with van der Waals surface area (Å²) in [6.45, 7) is 0.890. The van der Waals surface area contributed by atoms with Gasteiger partial charge < -0.3 is 4.74 Å². The van der Waals surface area contributed by atoms with Crippen molar-refractivity contribution in [3.05, 3.63) is 16.6 Å². The molecule has 14 heavy (non-hydrogen) atoms. The molecule has 1 aromatic rings. The second-order valence-electron chi connectivity index (χ2n) is 3.18. The first-order valence-electron chi connectivity index (χ1n) is 4.08. The molecule has 1 aliphatic heterocycles. The molecule has 2 heterocycles. The summed E-state index contributed by atoms with van der Waals surface area (Å²) in [5.41, 5.74) is 0. The highest BCUT2D eigenvalue weighted by Gasteiger charge is 2.38. The largest absolute Gasteiger partial charge is 0.381 e. The molecule has 7 heteroatoms. The summed E-state index contributed by atoms with van der Waals surface area (Å²) in [4.78, 5) is 3.99. The van der Waals surface area contributed by atoms with Gasteiger partial charge in [0.1, 0.15) is 10.3 Å². The van der Waals surface area contributed by atoms with Crippen molar-refractivity contribution in [1.82, 2.24) is 4.98 Å². The number of sulfonamides is 1. The number of nitrogens with zero attached hydrogens (tertiary/aromatic N) is 1. The first-order chi connectivity index (χ1) is 6.59. The number of hydrogen-bond donors (Lipinski definition) is 1. The van der Waals surface area contributed by atoms with Crippen molar-refractivity contribution < 1.29 is 13.2 Å². The van der Waals surface area contributed by atoms with Crippen molar-refractivity contribution in [3.8, 4) is 0 Å². The normalized spacial score (nSPS) is 20.4. The quantitative estimate of drug-likeness (QED) is 0.805. The highest BCUT2D eigenvalue weighted by Crippen LogP contribution is 2.34. The van der Waals surface area contributed by atoms with Crippen molar-refractivity contribution in [2.24, 2.45) is 11.1 Å². The van der Waals surface area contributed by atoms with E-state index in [4.69, 9.17) is 9.88 Å². The van der Waals surface area contributed by atoms with Crippen LogP contribution in [0.1, 0.15) is 10.3 Å². The fraction of sp³-hybridized carbons (Fsp3) is 0.571. The molecule has 0 aliphatic carbocycles. The lowest BCUT2D eigenvalue weighted by molar-refractivity contribution is -0.0339. The maximum Gasteiger partial charge on any atom is 0.219 e. The molecule has 2 N–H and O–H groups in total. The van der Waals surface area contributed by atoms with Gasteiger partial charge in [-0.2, -0.15) is 0 Å². The number of rotatable bonds is 3. The molecular formula is C7H10N2O3S2. The Morgan fingerprint density at radius 2 is 2.36 bits per heavy atom. The molecule has 0 bridgehead atoms. The maximum atomic E-state index is 11.4. The van der Waals surface area contributed by atoms with Gasteiger partial charge in [-0.15, -0.1) is 11.3 Å². The lowest BCUT2D eigenvalue weighted by Gasteiger charge is -2.30. The SMILES string of the molecule is NS(=O)(=O)C(c1nccs1)C1COC1. The number of primary sulfonamides is 1. The molecule has 1 saturated heterocycles. The summed E-state index contributed by atoms with van der Waals surface area (Å²) in [5, 5.41) is 6.77. The van der Waals surface area contributed by atoms with Gasteiger partial charge in [0.25, 0.3) is 0 Å². The zero-order chi connectivity index (χ0) is 10.2. The number of thiazole rings is 1. The fourth-order valence-electron chi connectivity index (χ4n) is 1.41. The van der Waals surface area contributed by atoms with E-state index in [9.17, 15) is 8.42 Å². The van der Waals surface area contributed by atoms with Gasteiger partial charge in [0.05, 0.1) is 13.2 Å². The van der Waals surface area contributed by atoms with Crippen molar-refractivity contribution >= 4 is 21.4 Å². The second kappa shape index (κ2) is 3.58. The molecule has 0 radical (unpaired) electrons. The highest BCUT2D eigenvalue weighted by atomic mass is 32.2. The van der Waals surface area contributed by atoms with Crippen LogP contribution in [-0.2, 0) is 14.8 Å².